The Hall–Kier alpha value is -1.04. The van der Waals surface area contributed by atoms with Gasteiger partial charge in [0.15, 0.2) is 0 Å². The number of hydrogen-bond acceptors (Lipinski definition) is 4. The number of benzene rings is 1. The van der Waals surface area contributed by atoms with Gasteiger partial charge in [-0.2, -0.15) is 11.8 Å². The molecule has 0 spiro atoms. The van der Waals surface area contributed by atoms with Crippen LogP contribution in [0.25, 0.3) is 0 Å². The van der Waals surface area contributed by atoms with Crippen LogP contribution in [-0.4, -0.2) is 55.2 Å². The zero-order valence-corrected chi connectivity index (χ0v) is 13.4. The Labute approximate surface area is 131 Å². The number of amides is 1. The van der Waals surface area contributed by atoms with E-state index in [1.165, 1.54) is 17.3 Å². The molecular formula is C16H24N2O2S. The lowest BCUT2D eigenvalue weighted by molar-refractivity contribution is -0.119. The molecule has 2 rings (SSSR count). The van der Waals surface area contributed by atoms with Gasteiger partial charge in [0, 0.05) is 32.8 Å². The number of rotatable bonds is 6. The van der Waals surface area contributed by atoms with Crippen LogP contribution >= 0.6 is 11.8 Å². The lowest BCUT2D eigenvalue weighted by atomic mass is 10.2. The molecule has 1 aromatic carbocycles. The smallest absolute Gasteiger partial charge is 0.230 e. The van der Waals surface area contributed by atoms with Crippen molar-refractivity contribution in [2.24, 2.45) is 0 Å². The van der Waals surface area contributed by atoms with Crippen molar-refractivity contribution < 1.29 is 9.53 Å². The maximum Gasteiger partial charge on any atom is 0.230 e. The molecule has 0 aromatic heterocycles. The maximum absolute atomic E-state index is 11.5. The summed E-state index contributed by atoms with van der Waals surface area (Å²) in [6.45, 7) is 4.23. The molecule has 1 aliphatic rings. The molecule has 0 radical (unpaired) electrons. The van der Waals surface area contributed by atoms with Crippen LogP contribution in [0, 0.1) is 0 Å². The molecule has 1 aliphatic heterocycles. The summed E-state index contributed by atoms with van der Waals surface area (Å²) < 4.78 is 5.84. The fourth-order valence-corrected chi connectivity index (χ4v) is 2.85. The topological polar surface area (TPSA) is 41.6 Å². The second-order valence-electron chi connectivity index (χ2n) is 5.30. The van der Waals surface area contributed by atoms with E-state index in [4.69, 9.17) is 4.74 Å². The van der Waals surface area contributed by atoms with Crippen LogP contribution in [-0.2, 0) is 16.1 Å². The maximum atomic E-state index is 11.5. The Morgan fingerprint density at radius 2 is 2.24 bits per heavy atom. The van der Waals surface area contributed by atoms with E-state index in [9.17, 15) is 4.79 Å². The zero-order valence-electron chi connectivity index (χ0n) is 12.6. The predicted octanol–water partition coefficient (Wildman–Crippen LogP) is 1.76. The Balaban J connectivity index is 1.82. The van der Waals surface area contributed by atoms with Gasteiger partial charge < -0.3 is 10.1 Å². The van der Waals surface area contributed by atoms with Gasteiger partial charge in [-0.1, -0.05) is 30.3 Å². The van der Waals surface area contributed by atoms with E-state index in [-0.39, 0.29) is 12.0 Å². The van der Waals surface area contributed by atoms with Crippen LogP contribution < -0.4 is 5.32 Å². The van der Waals surface area contributed by atoms with Gasteiger partial charge in [0.2, 0.25) is 5.91 Å². The van der Waals surface area contributed by atoms with E-state index < -0.39 is 0 Å². The third-order valence-corrected chi connectivity index (χ3v) is 4.04. The molecule has 0 unspecified atom stereocenters. The van der Waals surface area contributed by atoms with Gasteiger partial charge in [0.1, 0.15) is 0 Å². The number of carbonyl (C=O) groups is 1. The van der Waals surface area contributed by atoms with Gasteiger partial charge in [0.25, 0.3) is 0 Å². The average Bonchev–Trinajstić information content (AvgIpc) is 2.72. The van der Waals surface area contributed by atoms with Crippen LogP contribution in [0.1, 0.15) is 12.0 Å². The predicted molar refractivity (Wildman–Crippen MR) is 87.5 cm³/mol. The van der Waals surface area contributed by atoms with Gasteiger partial charge >= 0.3 is 0 Å². The first-order valence-electron chi connectivity index (χ1n) is 7.41. The summed E-state index contributed by atoms with van der Waals surface area (Å²) in [5.41, 5.74) is 1.32. The number of carbonyl (C=O) groups excluding carboxylic acids is 1. The normalized spacial score (nSPS) is 20.0. The van der Waals surface area contributed by atoms with Crippen molar-refractivity contribution in [1.29, 1.82) is 0 Å². The highest BCUT2D eigenvalue weighted by atomic mass is 32.2. The quantitative estimate of drug-likeness (QED) is 0.869. The molecular weight excluding hydrogens is 284 g/mol. The molecule has 1 amide bonds. The first kappa shape index (κ1) is 16.3. The second kappa shape index (κ2) is 9.07. The number of ether oxygens (including phenoxy) is 1. The minimum Gasteiger partial charge on any atom is -0.375 e. The lowest BCUT2D eigenvalue weighted by Gasteiger charge is -2.24. The molecule has 1 heterocycles. The summed E-state index contributed by atoms with van der Waals surface area (Å²) in [4.78, 5) is 14.0. The van der Waals surface area contributed by atoms with E-state index in [0.29, 0.717) is 12.3 Å². The van der Waals surface area contributed by atoms with Gasteiger partial charge in [0.05, 0.1) is 11.9 Å². The van der Waals surface area contributed by atoms with Crippen molar-refractivity contribution in [3.8, 4) is 0 Å². The highest BCUT2D eigenvalue weighted by Crippen LogP contribution is 2.10. The SMILES string of the molecule is CSCC(=O)NC[C@H]1CN(Cc2ccccc2)CCCO1. The number of thioether (sulfide) groups is 1. The van der Waals surface area contributed by atoms with E-state index in [0.717, 1.165) is 32.7 Å². The summed E-state index contributed by atoms with van der Waals surface area (Å²) in [7, 11) is 0. The number of hydrogen-bond donors (Lipinski definition) is 1. The summed E-state index contributed by atoms with van der Waals surface area (Å²) in [6, 6.07) is 10.5. The van der Waals surface area contributed by atoms with Gasteiger partial charge in [-0.3, -0.25) is 9.69 Å². The first-order valence-corrected chi connectivity index (χ1v) is 8.81. The Morgan fingerprint density at radius 1 is 1.43 bits per heavy atom. The third-order valence-electron chi connectivity index (χ3n) is 3.49. The van der Waals surface area contributed by atoms with Crippen molar-refractivity contribution in [2.45, 2.75) is 19.1 Å². The minimum absolute atomic E-state index is 0.0852. The highest BCUT2D eigenvalue weighted by Gasteiger charge is 2.19. The molecule has 1 N–H and O–H groups in total. The van der Waals surface area contributed by atoms with Gasteiger partial charge in [-0.05, 0) is 18.2 Å². The van der Waals surface area contributed by atoms with Crippen molar-refractivity contribution in [2.75, 3.05) is 38.2 Å². The zero-order chi connectivity index (χ0) is 14.9. The monoisotopic (exact) mass is 308 g/mol. The molecule has 4 nitrogen and oxygen atoms in total. The molecule has 0 saturated carbocycles. The summed E-state index contributed by atoms with van der Waals surface area (Å²) in [6.07, 6.45) is 3.06. The van der Waals surface area contributed by atoms with Crippen LogP contribution in [0.5, 0.6) is 0 Å². The molecule has 1 aromatic rings. The summed E-state index contributed by atoms with van der Waals surface area (Å²) >= 11 is 1.54. The molecule has 0 aliphatic carbocycles. The van der Waals surface area contributed by atoms with Gasteiger partial charge in [-0.25, -0.2) is 0 Å². The first-order chi connectivity index (χ1) is 10.3. The highest BCUT2D eigenvalue weighted by molar-refractivity contribution is 7.99. The van der Waals surface area contributed by atoms with E-state index >= 15 is 0 Å². The fraction of sp³-hybridized carbons (Fsp3) is 0.562. The summed E-state index contributed by atoms with van der Waals surface area (Å²) in [5.74, 6) is 0.602. The average molecular weight is 308 g/mol. The van der Waals surface area contributed by atoms with Crippen LogP contribution in [0.4, 0.5) is 0 Å². The number of nitrogens with zero attached hydrogens (tertiary/aromatic N) is 1. The van der Waals surface area contributed by atoms with Crippen LogP contribution in [0.15, 0.2) is 30.3 Å². The third kappa shape index (κ3) is 6.08. The minimum atomic E-state index is 0.0852. The van der Waals surface area contributed by atoms with Crippen LogP contribution in [0.2, 0.25) is 0 Å². The Kier molecular flexibility index (Phi) is 7.06. The standard InChI is InChI=1S/C16H24N2O2S/c1-21-13-16(19)17-10-15-12-18(8-5-9-20-15)11-14-6-3-2-4-7-14/h2-4,6-7,15H,5,8-13H2,1H3,(H,17,19)/t15-/m0/s1. The van der Waals surface area contributed by atoms with Crippen molar-refractivity contribution in [3.05, 3.63) is 35.9 Å². The molecule has 21 heavy (non-hydrogen) atoms. The summed E-state index contributed by atoms with van der Waals surface area (Å²) in [5, 5.41) is 2.95. The van der Waals surface area contributed by atoms with Crippen LogP contribution in [0.3, 0.4) is 0 Å². The molecule has 116 valence electrons. The van der Waals surface area contributed by atoms with Crippen molar-refractivity contribution >= 4 is 17.7 Å². The molecule has 5 heteroatoms. The largest absolute Gasteiger partial charge is 0.375 e. The number of nitrogens with one attached hydrogen (secondary N) is 1. The molecule has 1 fully saturated rings. The molecule has 1 saturated heterocycles. The lowest BCUT2D eigenvalue weighted by Crippen LogP contribution is -2.40. The molecule has 1 atom stereocenters. The Morgan fingerprint density at radius 3 is 3.00 bits per heavy atom. The Bertz CT molecular complexity index is 428. The van der Waals surface area contributed by atoms with E-state index in [1.54, 1.807) is 0 Å². The fourth-order valence-electron chi connectivity index (χ4n) is 2.49. The van der Waals surface area contributed by atoms with Crippen molar-refractivity contribution in [1.82, 2.24) is 10.2 Å². The van der Waals surface area contributed by atoms with E-state index in [2.05, 4.69) is 34.5 Å². The van der Waals surface area contributed by atoms with E-state index in [1.807, 2.05) is 12.3 Å². The van der Waals surface area contributed by atoms with Crippen molar-refractivity contribution in [3.63, 3.8) is 0 Å². The van der Waals surface area contributed by atoms with Gasteiger partial charge in [-0.15, -0.1) is 0 Å². The second-order valence-corrected chi connectivity index (χ2v) is 6.17. The molecule has 0 bridgehead atoms.